The monoisotopic (exact) mass is 411 g/mol. The molecule has 2 amide bonds. The number of rotatable bonds is 5. The van der Waals surface area contributed by atoms with E-state index in [-0.39, 0.29) is 17.9 Å². The maximum atomic E-state index is 13.1. The van der Waals surface area contributed by atoms with Gasteiger partial charge in [0, 0.05) is 57.7 Å². The average molecular weight is 412 g/mol. The Bertz CT molecular complexity index is 880. The third-order valence-electron chi connectivity index (χ3n) is 6.15. The predicted octanol–water partition coefficient (Wildman–Crippen LogP) is 2.93. The molecule has 2 N–H and O–H groups in total. The van der Waals surface area contributed by atoms with Gasteiger partial charge < -0.3 is 20.4 Å². The zero-order valence-corrected chi connectivity index (χ0v) is 17.7. The summed E-state index contributed by atoms with van der Waals surface area (Å²) in [5.41, 5.74) is 4.50. The van der Waals surface area contributed by atoms with Crippen LogP contribution in [0.4, 0.5) is 20.6 Å². The quantitative estimate of drug-likeness (QED) is 0.794. The molecule has 2 aliphatic heterocycles. The van der Waals surface area contributed by atoms with Crippen molar-refractivity contribution in [3.63, 3.8) is 0 Å². The number of anilines is 2. The highest BCUT2D eigenvalue weighted by Crippen LogP contribution is 2.31. The van der Waals surface area contributed by atoms with E-state index in [1.54, 1.807) is 12.1 Å². The van der Waals surface area contributed by atoms with Crippen molar-refractivity contribution in [2.75, 3.05) is 63.6 Å². The van der Waals surface area contributed by atoms with Crippen LogP contribution in [0.1, 0.15) is 17.2 Å². The fraction of sp³-hybridized carbons (Fsp3) is 0.435. The summed E-state index contributed by atoms with van der Waals surface area (Å²) in [6, 6.07) is 12.3. The summed E-state index contributed by atoms with van der Waals surface area (Å²) in [6.45, 7) is 5.55. The minimum Gasteiger partial charge on any atom is -0.374 e. The average Bonchev–Trinajstić information content (AvgIpc) is 3.11. The highest BCUT2D eigenvalue weighted by atomic mass is 19.1. The van der Waals surface area contributed by atoms with Crippen LogP contribution in [0, 0.1) is 5.82 Å². The molecule has 0 saturated carbocycles. The van der Waals surface area contributed by atoms with E-state index in [1.165, 1.54) is 28.9 Å². The number of piperazine rings is 1. The van der Waals surface area contributed by atoms with E-state index >= 15 is 0 Å². The number of benzene rings is 2. The zero-order valence-electron chi connectivity index (χ0n) is 17.7. The molecule has 30 heavy (non-hydrogen) atoms. The topological polar surface area (TPSA) is 50.9 Å². The highest BCUT2D eigenvalue weighted by molar-refractivity contribution is 5.89. The highest BCUT2D eigenvalue weighted by Gasteiger charge is 2.26. The van der Waals surface area contributed by atoms with Crippen LogP contribution in [0.2, 0.25) is 0 Å². The number of carbonyl (C=O) groups excluding carboxylic acids is 1. The fourth-order valence-electron chi connectivity index (χ4n) is 4.28. The molecule has 4 rings (SSSR count). The van der Waals surface area contributed by atoms with Crippen molar-refractivity contribution in [3.8, 4) is 0 Å². The lowest BCUT2D eigenvalue weighted by atomic mass is 10.00. The Morgan fingerprint density at radius 2 is 1.77 bits per heavy atom. The van der Waals surface area contributed by atoms with Gasteiger partial charge in [0.2, 0.25) is 0 Å². The van der Waals surface area contributed by atoms with Gasteiger partial charge in [0.25, 0.3) is 0 Å². The van der Waals surface area contributed by atoms with Crippen LogP contribution >= 0.6 is 0 Å². The number of nitrogens with zero attached hydrogens (tertiary/aromatic N) is 3. The van der Waals surface area contributed by atoms with E-state index in [9.17, 15) is 9.18 Å². The van der Waals surface area contributed by atoms with Gasteiger partial charge in [-0.3, -0.25) is 4.90 Å². The molecule has 0 unspecified atom stereocenters. The number of carbonyl (C=O) groups is 1. The van der Waals surface area contributed by atoms with Gasteiger partial charge in [-0.05, 0) is 54.9 Å². The van der Waals surface area contributed by atoms with Crippen LogP contribution in [0.5, 0.6) is 0 Å². The Kier molecular flexibility index (Phi) is 6.20. The van der Waals surface area contributed by atoms with Gasteiger partial charge in [0.1, 0.15) is 5.82 Å². The van der Waals surface area contributed by atoms with E-state index < -0.39 is 0 Å². The van der Waals surface area contributed by atoms with E-state index in [0.717, 1.165) is 39.1 Å². The number of likely N-dealkylation sites (N-methyl/N-ethyl adjacent to an activating group) is 2. The van der Waals surface area contributed by atoms with Gasteiger partial charge in [-0.2, -0.15) is 0 Å². The van der Waals surface area contributed by atoms with Gasteiger partial charge >= 0.3 is 6.03 Å². The summed E-state index contributed by atoms with van der Waals surface area (Å²) < 4.78 is 13.1. The number of urea groups is 1. The molecule has 7 heteroatoms. The minimum atomic E-state index is -0.321. The van der Waals surface area contributed by atoms with E-state index in [2.05, 4.69) is 57.6 Å². The molecule has 0 radical (unpaired) electrons. The number of fused-ring (bicyclic) bond motifs is 1. The fourth-order valence-corrected chi connectivity index (χ4v) is 4.28. The summed E-state index contributed by atoms with van der Waals surface area (Å²) in [6.07, 6.45) is 1.06. The molecular formula is C23H30FN5O. The summed E-state index contributed by atoms with van der Waals surface area (Å²) >= 11 is 0. The van der Waals surface area contributed by atoms with Gasteiger partial charge in [-0.1, -0.05) is 12.1 Å². The maximum absolute atomic E-state index is 13.1. The molecule has 1 atom stereocenters. The summed E-state index contributed by atoms with van der Waals surface area (Å²) in [5, 5.41) is 5.80. The number of hydrogen-bond donors (Lipinski definition) is 2. The Labute approximate surface area is 177 Å². The molecule has 160 valence electrons. The molecule has 1 saturated heterocycles. The first kappa shape index (κ1) is 20.6. The van der Waals surface area contributed by atoms with E-state index in [1.807, 2.05) is 0 Å². The van der Waals surface area contributed by atoms with Crippen LogP contribution in [-0.4, -0.2) is 69.2 Å². The number of hydrogen-bond acceptors (Lipinski definition) is 4. The summed E-state index contributed by atoms with van der Waals surface area (Å²) in [7, 11) is 4.27. The standard InChI is InChI=1S/C23H30FN5O/c1-27-11-13-29(14-12-27)22(17-3-8-21-18(15-17)9-10-28(21)2)16-25-23(30)26-20-6-4-19(24)5-7-20/h3-8,15,22H,9-14,16H2,1-2H3,(H2,25,26,30)/t22-/m0/s1. The lowest BCUT2D eigenvalue weighted by Crippen LogP contribution is -2.48. The first-order valence-corrected chi connectivity index (χ1v) is 10.6. The molecule has 0 aliphatic carbocycles. The van der Waals surface area contributed by atoms with Gasteiger partial charge in [-0.25, -0.2) is 9.18 Å². The second-order valence-electron chi connectivity index (χ2n) is 8.26. The predicted molar refractivity (Wildman–Crippen MR) is 119 cm³/mol. The van der Waals surface area contributed by atoms with Crippen LogP contribution in [0.3, 0.4) is 0 Å². The van der Waals surface area contributed by atoms with Crippen molar-refractivity contribution in [2.45, 2.75) is 12.5 Å². The Morgan fingerprint density at radius 3 is 2.50 bits per heavy atom. The van der Waals surface area contributed by atoms with Crippen LogP contribution in [0.15, 0.2) is 42.5 Å². The number of nitrogens with one attached hydrogen (secondary N) is 2. The third-order valence-corrected chi connectivity index (χ3v) is 6.15. The van der Waals surface area contributed by atoms with Crippen molar-refractivity contribution < 1.29 is 9.18 Å². The molecule has 0 aromatic heterocycles. The Hall–Kier alpha value is -2.64. The van der Waals surface area contributed by atoms with Crippen molar-refractivity contribution >= 4 is 17.4 Å². The largest absolute Gasteiger partial charge is 0.374 e. The molecule has 0 spiro atoms. The lowest BCUT2D eigenvalue weighted by molar-refractivity contribution is 0.111. The van der Waals surface area contributed by atoms with Crippen LogP contribution in [0.25, 0.3) is 0 Å². The third kappa shape index (κ3) is 4.74. The second-order valence-corrected chi connectivity index (χ2v) is 8.26. The molecule has 1 fully saturated rings. The molecule has 2 heterocycles. The van der Waals surface area contributed by atoms with Gasteiger partial charge in [-0.15, -0.1) is 0 Å². The van der Waals surface area contributed by atoms with E-state index in [4.69, 9.17) is 0 Å². The smallest absolute Gasteiger partial charge is 0.319 e. The maximum Gasteiger partial charge on any atom is 0.319 e. The number of amides is 2. The first-order valence-electron chi connectivity index (χ1n) is 10.6. The Morgan fingerprint density at radius 1 is 1.03 bits per heavy atom. The molecule has 0 bridgehead atoms. The van der Waals surface area contributed by atoms with Crippen molar-refractivity contribution in [1.82, 2.24) is 15.1 Å². The van der Waals surface area contributed by atoms with Crippen molar-refractivity contribution in [1.29, 1.82) is 0 Å². The van der Waals surface area contributed by atoms with Crippen molar-refractivity contribution in [2.24, 2.45) is 0 Å². The second kappa shape index (κ2) is 9.02. The zero-order chi connectivity index (χ0) is 21.1. The van der Waals surface area contributed by atoms with Gasteiger partial charge in [0.15, 0.2) is 0 Å². The first-order chi connectivity index (χ1) is 14.5. The van der Waals surface area contributed by atoms with Crippen molar-refractivity contribution in [3.05, 3.63) is 59.4 Å². The molecule has 6 nitrogen and oxygen atoms in total. The minimum absolute atomic E-state index is 0.119. The molecular weight excluding hydrogens is 381 g/mol. The van der Waals surface area contributed by atoms with E-state index in [0.29, 0.717) is 12.2 Å². The van der Waals surface area contributed by atoms with Crippen LogP contribution < -0.4 is 15.5 Å². The molecule has 2 aliphatic rings. The number of halogens is 1. The molecule has 2 aromatic rings. The lowest BCUT2D eigenvalue weighted by Gasteiger charge is -2.38. The molecule has 2 aromatic carbocycles. The van der Waals surface area contributed by atoms with Crippen LogP contribution in [-0.2, 0) is 6.42 Å². The SMILES string of the molecule is CN1CCN([C@@H](CNC(=O)Nc2ccc(F)cc2)c2ccc3c(c2)CCN3C)CC1. The Balaban J connectivity index is 1.46. The summed E-state index contributed by atoms with van der Waals surface area (Å²) in [4.78, 5) is 19.5. The summed E-state index contributed by atoms with van der Waals surface area (Å²) in [5.74, 6) is -0.321. The normalized spacial score (nSPS) is 18.2. The van der Waals surface area contributed by atoms with Gasteiger partial charge in [0.05, 0.1) is 6.04 Å².